The molecule has 0 unspecified atom stereocenters. The maximum Gasteiger partial charge on any atom is 0.354 e. The third-order valence-corrected chi connectivity index (χ3v) is 9.09. The van der Waals surface area contributed by atoms with Crippen molar-refractivity contribution in [2.45, 2.75) is 65.5 Å². The predicted molar refractivity (Wildman–Crippen MR) is 197 cm³/mol. The second-order valence-electron chi connectivity index (χ2n) is 13.5. The largest absolute Gasteiger partial charge is 0.354 e. The zero-order valence-corrected chi connectivity index (χ0v) is 29.5. The first-order valence-corrected chi connectivity index (χ1v) is 16.6. The molecule has 1 amide bonds. The summed E-state index contributed by atoms with van der Waals surface area (Å²) in [5, 5.41) is 1.84. The Kier molecular flexibility index (Phi) is 10.0. The summed E-state index contributed by atoms with van der Waals surface area (Å²) in [6, 6.07) is 9.64. The van der Waals surface area contributed by atoms with Crippen LogP contribution in [-0.4, -0.2) is 66.2 Å². The Balaban J connectivity index is 1.89. The molecule has 5 rings (SSSR count). The van der Waals surface area contributed by atoms with Crippen molar-refractivity contribution in [3.63, 3.8) is 0 Å². The lowest BCUT2D eigenvalue weighted by Crippen LogP contribution is -2.59. The molecule has 4 aromatic rings. The van der Waals surface area contributed by atoms with Crippen LogP contribution in [0, 0.1) is 5.82 Å². The van der Waals surface area contributed by atoms with Crippen molar-refractivity contribution in [2.75, 3.05) is 18.0 Å². The molecule has 0 spiro atoms. The minimum Gasteiger partial charge on any atom is -0.347 e. The second kappa shape index (κ2) is 13.7. The van der Waals surface area contributed by atoms with Gasteiger partial charge in [0.25, 0.3) is 5.91 Å². The molecule has 2 atom stereocenters. The smallest absolute Gasteiger partial charge is 0.347 e. The maximum absolute atomic E-state index is 15.8. The van der Waals surface area contributed by atoms with E-state index in [0.29, 0.717) is 39.1 Å². The van der Waals surface area contributed by atoms with Crippen LogP contribution in [0.25, 0.3) is 33.8 Å². The van der Waals surface area contributed by atoms with Crippen LogP contribution in [0.15, 0.2) is 65.2 Å². The van der Waals surface area contributed by atoms with Gasteiger partial charge in [-0.15, -0.1) is 5.37 Å². The highest BCUT2D eigenvalue weighted by Gasteiger charge is 2.35. The molecule has 12 heteroatoms. The summed E-state index contributed by atoms with van der Waals surface area (Å²) in [7, 11) is 3.88. The number of hydrogen-bond donors (Lipinski definition) is 0. The predicted octanol–water partition coefficient (Wildman–Crippen LogP) is 5.96. The molecule has 0 bridgehead atoms. The maximum atomic E-state index is 15.8. The number of rotatable bonds is 7. The van der Waals surface area contributed by atoms with E-state index >= 15 is 4.39 Å². The van der Waals surface area contributed by atoms with E-state index in [1.807, 2.05) is 66.5 Å². The number of aromatic nitrogens is 3. The number of piperazine rings is 1. The first kappa shape index (κ1) is 35.1. The van der Waals surface area contributed by atoms with Crippen LogP contribution in [0.4, 0.5) is 14.6 Å². The molecule has 1 fully saturated rings. The highest BCUT2D eigenvalue weighted by atomic mass is 35.5. The van der Waals surface area contributed by atoms with E-state index in [-0.39, 0.29) is 42.0 Å². The Morgan fingerprint density at radius 3 is 2.33 bits per heavy atom. The summed E-state index contributed by atoms with van der Waals surface area (Å²) in [4.78, 5) is 39.8. The first-order valence-electron chi connectivity index (χ1n) is 16.2. The van der Waals surface area contributed by atoms with Crippen molar-refractivity contribution >= 4 is 56.0 Å². The van der Waals surface area contributed by atoms with Gasteiger partial charge in [0.15, 0.2) is 5.83 Å². The Bertz CT molecular complexity index is 1990. The van der Waals surface area contributed by atoms with E-state index in [4.69, 9.17) is 21.6 Å². The van der Waals surface area contributed by atoms with Gasteiger partial charge in [-0.3, -0.25) is 14.3 Å². The van der Waals surface area contributed by atoms with Gasteiger partial charge in [-0.25, -0.2) is 13.6 Å². The molecular weight excluding hydrogens is 630 g/mol. The van der Waals surface area contributed by atoms with Crippen LogP contribution < -0.4 is 10.6 Å². The van der Waals surface area contributed by atoms with Crippen molar-refractivity contribution in [3.05, 3.63) is 98.5 Å². The summed E-state index contributed by atoms with van der Waals surface area (Å²) in [6.07, 6.45) is 3.65. The fourth-order valence-corrected chi connectivity index (χ4v) is 7.04. The normalized spacial score (nSPS) is 16.6. The number of carbonyl (C=O) groups excluding carboxylic acids is 1. The number of pyridine rings is 1. The second-order valence-corrected chi connectivity index (χ2v) is 13.9. The molecule has 1 saturated heterocycles. The van der Waals surface area contributed by atoms with Gasteiger partial charge < -0.3 is 9.80 Å². The topological polar surface area (TPSA) is 71.3 Å². The molecule has 0 radical (unpaired) electrons. The summed E-state index contributed by atoms with van der Waals surface area (Å²) < 4.78 is 31.2. The molecule has 248 valence electrons. The van der Waals surface area contributed by atoms with E-state index in [9.17, 15) is 14.0 Å². The van der Waals surface area contributed by atoms with Crippen molar-refractivity contribution in [1.29, 1.82) is 0 Å². The zero-order chi connectivity index (χ0) is 35.2. The Morgan fingerprint density at radius 2 is 1.75 bits per heavy atom. The van der Waals surface area contributed by atoms with Crippen molar-refractivity contribution in [2.24, 2.45) is 0 Å². The van der Waals surface area contributed by atoms with Crippen LogP contribution >= 0.6 is 11.6 Å². The Hall–Kier alpha value is -4.24. The van der Waals surface area contributed by atoms with Gasteiger partial charge in [0.2, 0.25) is 0 Å². The lowest BCUT2D eigenvalue weighted by atomic mass is 9.77. The Morgan fingerprint density at radius 1 is 1.08 bits per heavy atom. The zero-order valence-electron chi connectivity index (χ0n) is 28.7. The number of hydrogen-bond acceptors (Lipinski definition) is 5. The lowest BCUT2D eigenvalue weighted by Gasteiger charge is -2.45. The summed E-state index contributed by atoms with van der Waals surface area (Å²) in [5.41, 5.74) is 3.65. The first-order chi connectivity index (χ1) is 22.6. The van der Waals surface area contributed by atoms with Crippen molar-refractivity contribution in [1.82, 2.24) is 19.4 Å². The van der Waals surface area contributed by atoms with Gasteiger partial charge in [0.05, 0.1) is 16.9 Å². The number of nitrogens with zero attached hydrogens (tertiary/aromatic N) is 5. The average Bonchev–Trinajstić information content (AvgIpc) is 3.00. The fourth-order valence-electron chi connectivity index (χ4n) is 6.79. The number of carbonyl (C=O) groups is 1. The van der Waals surface area contributed by atoms with Gasteiger partial charge in [0, 0.05) is 52.9 Å². The molecule has 1 aliphatic rings. The SMILES string of the molecule is BC(B)=Cc1cccc(F)c1-c1cc2c(cc1Cl)c(N1[C@@H](C)CN(C(=O)C(=C)F)C[C@@H]1C)nc(=O)n2-c1c(C(C)C)ccnc1C(C)C. The number of amides is 1. The quantitative estimate of drug-likeness (QED) is 0.180. The van der Waals surface area contributed by atoms with Crippen LogP contribution in [0.5, 0.6) is 0 Å². The molecule has 1 aliphatic heterocycles. The Labute approximate surface area is 287 Å². The van der Waals surface area contributed by atoms with Gasteiger partial charge in [-0.05, 0) is 61.1 Å². The highest BCUT2D eigenvalue weighted by Crippen LogP contribution is 2.41. The number of benzene rings is 2. The van der Waals surface area contributed by atoms with E-state index in [0.717, 1.165) is 16.6 Å². The average molecular weight is 670 g/mol. The lowest BCUT2D eigenvalue weighted by molar-refractivity contribution is -0.129. The van der Waals surface area contributed by atoms with E-state index in [2.05, 4.69) is 20.4 Å². The molecule has 0 aliphatic carbocycles. The fraction of sp³-hybridized carbons (Fsp3) is 0.333. The molecule has 0 N–H and O–H groups in total. The minimum absolute atomic E-state index is 0.0288. The van der Waals surface area contributed by atoms with Crippen molar-refractivity contribution < 1.29 is 13.6 Å². The molecule has 3 heterocycles. The van der Waals surface area contributed by atoms with Crippen molar-refractivity contribution in [3.8, 4) is 16.8 Å². The summed E-state index contributed by atoms with van der Waals surface area (Å²) >= 11 is 7.07. The van der Waals surface area contributed by atoms with E-state index in [1.165, 1.54) is 11.0 Å². The van der Waals surface area contributed by atoms with E-state index in [1.54, 1.807) is 29.0 Å². The van der Waals surface area contributed by atoms with Gasteiger partial charge in [0.1, 0.15) is 27.3 Å². The van der Waals surface area contributed by atoms with Gasteiger partial charge >= 0.3 is 5.69 Å². The van der Waals surface area contributed by atoms with Crippen LogP contribution in [-0.2, 0) is 4.79 Å². The van der Waals surface area contributed by atoms with Crippen LogP contribution in [0.1, 0.15) is 70.2 Å². The summed E-state index contributed by atoms with van der Waals surface area (Å²) in [6.45, 7) is 15.5. The standard InChI is InChI=1S/C36H40B2ClF2N5O2/c1-18(2)24-11-12-42-32(19(3)4)33(24)46-29-15-25(31-23(13-30(37)38)9-8-10-28(31)41)27(39)14-26(29)34(43-36(46)48)45-20(5)16-44(17-21(45)6)35(47)22(7)40/h8-15,18-21H,7,16-17,37-38H2,1-6H3/t20-,21-/m0/s1. The number of anilines is 1. The third kappa shape index (κ3) is 6.44. The van der Waals surface area contributed by atoms with Crippen LogP contribution in [0.2, 0.25) is 5.02 Å². The molecule has 7 nitrogen and oxygen atoms in total. The van der Waals surface area contributed by atoms with Gasteiger partial charge in [-0.1, -0.05) is 64.1 Å². The molecule has 2 aromatic heterocycles. The molecule has 48 heavy (non-hydrogen) atoms. The summed E-state index contributed by atoms with van der Waals surface area (Å²) in [5.74, 6) is -1.83. The monoisotopic (exact) mass is 669 g/mol. The highest BCUT2D eigenvalue weighted by molar-refractivity contribution is 6.50. The number of fused-ring (bicyclic) bond motifs is 1. The minimum atomic E-state index is -1.02. The van der Waals surface area contributed by atoms with Gasteiger partial charge in [-0.2, -0.15) is 4.98 Å². The molecule has 2 aromatic carbocycles. The van der Waals surface area contributed by atoms with Crippen LogP contribution in [0.3, 0.4) is 0 Å². The third-order valence-electron chi connectivity index (χ3n) is 8.78. The van der Waals surface area contributed by atoms with E-state index < -0.39 is 23.2 Å². The number of halogens is 3. The molecule has 0 saturated carbocycles. The molecular formula is C36H40B2ClF2N5O2.